The van der Waals surface area contributed by atoms with Crippen molar-refractivity contribution in [2.45, 2.75) is 44.6 Å². The van der Waals surface area contributed by atoms with Crippen LogP contribution in [0.5, 0.6) is 0 Å². The summed E-state index contributed by atoms with van der Waals surface area (Å²) >= 11 is 1.53. The number of sulfone groups is 1. The Bertz CT molecular complexity index is 707. The highest BCUT2D eigenvalue weighted by atomic mass is 32.2. The Labute approximate surface area is 131 Å². The first-order valence-electron chi connectivity index (χ1n) is 6.86. The first-order valence-corrected chi connectivity index (χ1v) is 9.57. The van der Waals surface area contributed by atoms with Crippen LogP contribution in [-0.2, 0) is 26.8 Å². The van der Waals surface area contributed by atoms with Gasteiger partial charge in [-0.2, -0.15) is 0 Å². The maximum absolute atomic E-state index is 12.3. The molecular formula is C16H21NO2S2. The van der Waals surface area contributed by atoms with Gasteiger partial charge in [-0.25, -0.2) is 13.4 Å². The molecule has 1 heterocycles. The fourth-order valence-electron chi connectivity index (χ4n) is 1.93. The Morgan fingerprint density at radius 2 is 1.71 bits per heavy atom. The second kappa shape index (κ2) is 5.89. The summed E-state index contributed by atoms with van der Waals surface area (Å²) in [6.45, 7) is 8.23. The highest BCUT2D eigenvalue weighted by Crippen LogP contribution is 2.26. The lowest BCUT2D eigenvalue weighted by molar-refractivity contribution is 0.580. The highest BCUT2D eigenvalue weighted by Gasteiger charge is 2.20. The molecule has 1 aromatic carbocycles. The lowest BCUT2D eigenvalue weighted by atomic mass is 9.98. The first-order chi connectivity index (χ1) is 9.66. The number of hydrogen-bond acceptors (Lipinski definition) is 4. The van der Waals surface area contributed by atoms with Crippen molar-refractivity contribution in [3.8, 4) is 0 Å². The van der Waals surface area contributed by atoms with Crippen molar-refractivity contribution < 1.29 is 8.42 Å². The zero-order chi connectivity index (χ0) is 15.7. The van der Waals surface area contributed by atoms with E-state index >= 15 is 0 Å². The first kappa shape index (κ1) is 16.2. The molecule has 0 aliphatic rings. The van der Waals surface area contributed by atoms with Crippen molar-refractivity contribution in [1.82, 2.24) is 4.98 Å². The molecule has 2 aromatic rings. The van der Waals surface area contributed by atoms with E-state index in [4.69, 9.17) is 0 Å². The normalized spacial score (nSPS) is 12.6. The number of nitrogens with zero attached hydrogens (tertiary/aromatic N) is 1. The van der Waals surface area contributed by atoms with Gasteiger partial charge in [-0.1, -0.05) is 50.6 Å². The molecule has 3 nitrogen and oxygen atoms in total. The minimum Gasteiger partial charge on any atom is -0.245 e. The van der Waals surface area contributed by atoms with E-state index < -0.39 is 9.84 Å². The van der Waals surface area contributed by atoms with Gasteiger partial charge in [-0.15, -0.1) is 11.3 Å². The number of aromatic nitrogens is 1. The fourth-order valence-corrected chi connectivity index (χ4v) is 4.35. The predicted molar refractivity (Wildman–Crippen MR) is 88.3 cm³/mol. The lowest BCUT2D eigenvalue weighted by Crippen LogP contribution is -2.12. The number of hydrogen-bond donors (Lipinski definition) is 0. The molecule has 1 aromatic heterocycles. The van der Waals surface area contributed by atoms with Crippen molar-refractivity contribution in [2.75, 3.05) is 0 Å². The third-order valence-electron chi connectivity index (χ3n) is 3.07. The third-order valence-corrected chi connectivity index (χ3v) is 5.89. The summed E-state index contributed by atoms with van der Waals surface area (Å²) in [5.74, 6) is 0.0725. The smallest absolute Gasteiger partial charge is 0.160 e. The molecule has 0 amide bonds. The average Bonchev–Trinajstić information content (AvgIpc) is 2.79. The van der Waals surface area contributed by atoms with Gasteiger partial charge in [-0.05, 0) is 12.5 Å². The van der Waals surface area contributed by atoms with Crippen LogP contribution in [0.25, 0.3) is 0 Å². The van der Waals surface area contributed by atoms with E-state index in [0.717, 1.165) is 16.1 Å². The number of aryl methyl sites for hydroxylation is 1. The van der Waals surface area contributed by atoms with Crippen LogP contribution in [0.2, 0.25) is 0 Å². The molecule has 0 aliphatic carbocycles. The Kier molecular flexibility index (Phi) is 4.54. The Hall–Kier alpha value is -1.20. The van der Waals surface area contributed by atoms with E-state index in [0.29, 0.717) is 5.69 Å². The van der Waals surface area contributed by atoms with Gasteiger partial charge in [0.25, 0.3) is 0 Å². The second-order valence-electron chi connectivity index (χ2n) is 6.41. The Balaban J connectivity index is 2.10. The largest absolute Gasteiger partial charge is 0.245 e. The van der Waals surface area contributed by atoms with Gasteiger partial charge in [0.15, 0.2) is 9.84 Å². The fraction of sp³-hybridized carbons (Fsp3) is 0.438. The minimum atomic E-state index is -3.19. The van der Waals surface area contributed by atoms with Gasteiger partial charge in [0.2, 0.25) is 0 Å². The van der Waals surface area contributed by atoms with Crippen molar-refractivity contribution in [3.63, 3.8) is 0 Å². The monoisotopic (exact) mass is 323 g/mol. The van der Waals surface area contributed by atoms with Crippen LogP contribution in [0, 0.1) is 6.92 Å². The van der Waals surface area contributed by atoms with Gasteiger partial charge in [0.05, 0.1) is 22.2 Å². The maximum Gasteiger partial charge on any atom is 0.160 e. The molecule has 5 heteroatoms. The Morgan fingerprint density at radius 1 is 1.10 bits per heavy atom. The van der Waals surface area contributed by atoms with Crippen molar-refractivity contribution >= 4 is 21.2 Å². The quantitative estimate of drug-likeness (QED) is 0.858. The number of benzene rings is 1. The van der Waals surface area contributed by atoms with Gasteiger partial charge in [0.1, 0.15) is 0 Å². The molecule has 0 bridgehead atoms. The molecule has 0 radical (unpaired) electrons. The predicted octanol–water partition coefficient (Wildman–Crippen LogP) is 3.86. The summed E-state index contributed by atoms with van der Waals surface area (Å²) in [7, 11) is -3.19. The molecular weight excluding hydrogens is 302 g/mol. The van der Waals surface area contributed by atoms with Gasteiger partial charge in [-0.3, -0.25) is 0 Å². The van der Waals surface area contributed by atoms with Crippen molar-refractivity contribution in [2.24, 2.45) is 0 Å². The molecule has 2 rings (SSSR count). The molecule has 0 N–H and O–H groups in total. The standard InChI is InChI=1S/C16H21NO2S2/c1-12-5-7-13(8-6-12)10-21(18,19)11-14-9-20-15(17-14)16(2,3)4/h5-9H,10-11H2,1-4H3. The van der Waals surface area contributed by atoms with E-state index in [-0.39, 0.29) is 16.9 Å². The number of rotatable bonds is 4. The zero-order valence-corrected chi connectivity index (χ0v) is 14.5. The summed E-state index contributed by atoms with van der Waals surface area (Å²) in [6, 6.07) is 7.61. The van der Waals surface area contributed by atoms with Crippen LogP contribution in [0.15, 0.2) is 29.6 Å². The Morgan fingerprint density at radius 3 is 2.24 bits per heavy atom. The van der Waals surface area contributed by atoms with Crippen LogP contribution >= 0.6 is 11.3 Å². The molecule has 0 atom stereocenters. The van der Waals surface area contributed by atoms with Crippen molar-refractivity contribution in [1.29, 1.82) is 0 Å². The summed E-state index contributed by atoms with van der Waals surface area (Å²) in [6.07, 6.45) is 0. The summed E-state index contributed by atoms with van der Waals surface area (Å²) in [5.41, 5.74) is 2.57. The number of thiazole rings is 1. The third kappa shape index (κ3) is 4.64. The summed E-state index contributed by atoms with van der Waals surface area (Å²) < 4.78 is 24.6. The average molecular weight is 323 g/mol. The van der Waals surface area contributed by atoms with Crippen LogP contribution in [0.1, 0.15) is 42.6 Å². The van der Waals surface area contributed by atoms with Crippen LogP contribution in [0.3, 0.4) is 0 Å². The molecule has 0 saturated carbocycles. The highest BCUT2D eigenvalue weighted by molar-refractivity contribution is 7.89. The van der Waals surface area contributed by atoms with Gasteiger partial charge in [0, 0.05) is 10.8 Å². The van der Waals surface area contributed by atoms with E-state index in [1.165, 1.54) is 11.3 Å². The SMILES string of the molecule is Cc1ccc(CS(=O)(=O)Cc2csc(C(C)(C)C)n2)cc1. The van der Waals surface area contributed by atoms with Crippen molar-refractivity contribution in [3.05, 3.63) is 51.5 Å². The second-order valence-corrected chi connectivity index (χ2v) is 9.33. The molecule has 0 saturated heterocycles. The van der Waals surface area contributed by atoms with Gasteiger partial charge < -0.3 is 0 Å². The van der Waals surface area contributed by atoms with E-state index in [1.807, 2.05) is 36.6 Å². The molecule has 21 heavy (non-hydrogen) atoms. The van der Waals surface area contributed by atoms with Crippen LogP contribution in [0.4, 0.5) is 0 Å². The topological polar surface area (TPSA) is 47.0 Å². The summed E-state index contributed by atoms with van der Waals surface area (Å²) in [4.78, 5) is 4.46. The van der Waals surface area contributed by atoms with E-state index in [1.54, 1.807) is 0 Å². The maximum atomic E-state index is 12.3. The molecule has 0 spiro atoms. The van der Waals surface area contributed by atoms with Gasteiger partial charge >= 0.3 is 0 Å². The zero-order valence-electron chi connectivity index (χ0n) is 12.9. The van der Waals surface area contributed by atoms with Crippen LogP contribution in [-0.4, -0.2) is 13.4 Å². The molecule has 0 fully saturated rings. The molecule has 0 aliphatic heterocycles. The molecule has 0 unspecified atom stereocenters. The van der Waals surface area contributed by atoms with E-state index in [2.05, 4.69) is 25.8 Å². The minimum absolute atomic E-state index is 0.00740. The summed E-state index contributed by atoms with van der Waals surface area (Å²) in [5, 5.41) is 2.83. The molecule has 114 valence electrons. The van der Waals surface area contributed by atoms with E-state index in [9.17, 15) is 8.42 Å². The van der Waals surface area contributed by atoms with Crippen LogP contribution < -0.4 is 0 Å². The lowest BCUT2D eigenvalue weighted by Gasteiger charge is -2.13.